The molecule has 0 aliphatic rings. The Balaban J connectivity index is 2.03. The largest absolute Gasteiger partial charge is 0.573 e. The maximum atomic E-state index is 12.2. The molecule has 0 bridgehead atoms. The van der Waals surface area contributed by atoms with E-state index in [2.05, 4.69) is 4.74 Å². The van der Waals surface area contributed by atoms with E-state index in [0.717, 1.165) is 6.07 Å². The van der Waals surface area contributed by atoms with Gasteiger partial charge in [-0.2, -0.15) is 0 Å². The molecule has 0 N–H and O–H groups in total. The second-order valence-corrected chi connectivity index (χ2v) is 7.48. The van der Waals surface area contributed by atoms with E-state index >= 15 is 0 Å². The highest BCUT2D eigenvalue weighted by Crippen LogP contribution is 2.31. The van der Waals surface area contributed by atoms with Gasteiger partial charge in [0.05, 0.1) is 9.92 Å². The summed E-state index contributed by atoms with van der Waals surface area (Å²) in [5.41, 5.74) is 0.503. The van der Waals surface area contributed by atoms with Crippen LogP contribution in [0.3, 0.4) is 0 Å². The maximum Gasteiger partial charge on any atom is 0.573 e. The standard InChI is InChI=1S/C14H9Cl2F3O4S/c15-12-7-9(1-6-13(12)23-14(17,18)19)8-22-10-2-4-11(5-3-10)24(16,20)21/h1-7H,8H2. The smallest absolute Gasteiger partial charge is 0.489 e. The van der Waals surface area contributed by atoms with Gasteiger partial charge >= 0.3 is 6.36 Å². The van der Waals surface area contributed by atoms with E-state index in [-0.39, 0.29) is 16.5 Å². The Kier molecular flexibility index (Phi) is 5.52. The summed E-state index contributed by atoms with van der Waals surface area (Å²) >= 11 is 5.73. The zero-order valence-corrected chi connectivity index (χ0v) is 14.0. The normalized spacial score (nSPS) is 12.0. The summed E-state index contributed by atoms with van der Waals surface area (Å²) in [6.45, 7) is 0.0129. The molecule has 4 nitrogen and oxygen atoms in total. The van der Waals surface area contributed by atoms with E-state index in [1.54, 1.807) is 0 Å². The van der Waals surface area contributed by atoms with Crippen LogP contribution >= 0.6 is 22.3 Å². The van der Waals surface area contributed by atoms with E-state index < -0.39 is 21.2 Å². The molecule has 0 unspecified atom stereocenters. The molecular weight excluding hydrogens is 392 g/mol. The summed E-state index contributed by atoms with van der Waals surface area (Å²) in [7, 11) is 1.37. The third kappa shape index (κ3) is 5.47. The van der Waals surface area contributed by atoms with E-state index in [9.17, 15) is 21.6 Å². The molecule has 0 aromatic heterocycles. The van der Waals surface area contributed by atoms with Crippen LogP contribution in [0.4, 0.5) is 13.2 Å². The zero-order chi connectivity index (χ0) is 18.0. The lowest BCUT2D eigenvalue weighted by Crippen LogP contribution is -2.17. The van der Waals surface area contributed by atoms with Gasteiger partial charge in [-0.15, -0.1) is 13.2 Å². The molecule has 0 amide bonds. The Morgan fingerprint density at radius 3 is 2.17 bits per heavy atom. The maximum absolute atomic E-state index is 12.2. The van der Waals surface area contributed by atoms with Crippen LogP contribution in [0.1, 0.15) is 5.56 Å². The molecule has 130 valence electrons. The fourth-order valence-electron chi connectivity index (χ4n) is 1.71. The van der Waals surface area contributed by atoms with Crippen LogP contribution in [0.15, 0.2) is 47.4 Å². The molecule has 0 atom stereocenters. The number of hydrogen-bond donors (Lipinski definition) is 0. The van der Waals surface area contributed by atoms with Gasteiger partial charge in [-0.25, -0.2) is 8.42 Å². The van der Waals surface area contributed by atoms with Gasteiger partial charge in [0, 0.05) is 10.7 Å². The van der Waals surface area contributed by atoms with Crippen molar-refractivity contribution in [3.63, 3.8) is 0 Å². The molecule has 0 fully saturated rings. The molecule has 2 aromatic rings. The van der Waals surface area contributed by atoms with Crippen LogP contribution < -0.4 is 9.47 Å². The molecular formula is C14H9Cl2F3O4S. The van der Waals surface area contributed by atoms with Gasteiger partial charge in [0.1, 0.15) is 18.1 Å². The Morgan fingerprint density at radius 1 is 1.04 bits per heavy atom. The average molecular weight is 401 g/mol. The zero-order valence-electron chi connectivity index (χ0n) is 11.7. The predicted molar refractivity (Wildman–Crippen MR) is 81.9 cm³/mol. The summed E-state index contributed by atoms with van der Waals surface area (Å²) in [5, 5.41) is -0.211. The first-order valence-corrected chi connectivity index (χ1v) is 8.95. The highest BCUT2D eigenvalue weighted by molar-refractivity contribution is 8.13. The minimum absolute atomic E-state index is 0.0129. The van der Waals surface area contributed by atoms with Gasteiger partial charge < -0.3 is 9.47 Å². The number of rotatable bonds is 5. The van der Waals surface area contributed by atoms with Gasteiger partial charge in [-0.05, 0) is 42.0 Å². The Hall–Kier alpha value is -1.64. The molecule has 24 heavy (non-hydrogen) atoms. The number of halogens is 5. The topological polar surface area (TPSA) is 52.6 Å². The van der Waals surface area contributed by atoms with Crippen LogP contribution in [-0.2, 0) is 15.7 Å². The summed E-state index contributed by atoms with van der Waals surface area (Å²) in [5.74, 6) is -0.157. The van der Waals surface area contributed by atoms with Crippen molar-refractivity contribution < 1.29 is 31.1 Å². The summed E-state index contributed by atoms with van der Waals surface area (Å²) in [6.07, 6.45) is -4.83. The first-order chi connectivity index (χ1) is 11.0. The molecule has 0 radical (unpaired) electrons. The van der Waals surface area contributed by atoms with Gasteiger partial charge in [-0.1, -0.05) is 17.7 Å². The highest BCUT2D eigenvalue weighted by Gasteiger charge is 2.32. The van der Waals surface area contributed by atoms with E-state index in [1.807, 2.05) is 0 Å². The van der Waals surface area contributed by atoms with Crippen LogP contribution in [0.25, 0.3) is 0 Å². The number of ether oxygens (including phenoxy) is 2. The van der Waals surface area contributed by atoms with E-state index in [4.69, 9.17) is 27.0 Å². The van der Waals surface area contributed by atoms with Crippen LogP contribution in [0.5, 0.6) is 11.5 Å². The molecule has 0 saturated carbocycles. The molecule has 0 heterocycles. The average Bonchev–Trinajstić information content (AvgIpc) is 2.46. The van der Waals surface area contributed by atoms with Gasteiger partial charge in [-0.3, -0.25) is 0 Å². The summed E-state index contributed by atoms with van der Waals surface area (Å²) < 4.78 is 67.8. The Labute approximate surface area is 145 Å². The molecule has 2 rings (SSSR count). The van der Waals surface area contributed by atoms with Crippen molar-refractivity contribution in [1.29, 1.82) is 0 Å². The lowest BCUT2D eigenvalue weighted by atomic mass is 10.2. The lowest BCUT2D eigenvalue weighted by Gasteiger charge is -2.12. The minimum Gasteiger partial charge on any atom is -0.489 e. The molecule has 2 aromatic carbocycles. The van der Waals surface area contributed by atoms with Crippen LogP contribution in [0, 0.1) is 0 Å². The first-order valence-electron chi connectivity index (χ1n) is 6.26. The monoisotopic (exact) mass is 400 g/mol. The van der Waals surface area contributed by atoms with Crippen molar-refractivity contribution in [3.05, 3.63) is 53.1 Å². The molecule has 0 saturated heterocycles. The Bertz CT molecular complexity index is 821. The first kappa shape index (κ1) is 18.7. The van der Waals surface area contributed by atoms with Crippen molar-refractivity contribution in [2.24, 2.45) is 0 Å². The molecule has 0 aliphatic carbocycles. The molecule has 0 spiro atoms. The second kappa shape index (κ2) is 7.08. The minimum atomic E-state index is -4.83. The van der Waals surface area contributed by atoms with Crippen molar-refractivity contribution in [2.75, 3.05) is 0 Å². The number of alkyl halides is 3. The van der Waals surface area contributed by atoms with Gasteiger partial charge in [0.15, 0.2) is 0 Å². The third-order valence-electron chi connectivity index (χ3n) is 2.73. The molecule has 0 aliphatic heterocycles. The summed E-state index contributed by atoms with van der Waals surface area (Å²) in [6, 6.07) is 9.06. The van der Waals surface area contributed by atoms with Crippen molar-refractivity contribution in [2.45, 2.75) is 17.9 Å². The van der Waals surface area contributed by atoms with E-state index in [0.29, 0.717) is 11.3 Å². The predicted octanol–water partition coefficient (Wildman–Crippen LogP) is 4.75. The molecule has 10 heteroatoms. The third-order valence-corrected chi connectivity index (χ3v) is 4.40. The number of benzene rings is 2. The van der Waals surface area contributed by atoms with Gasteiger partial charge in [0.2, 0.25) is 0 Å². The lowest BCUT2D eigenvalue weighted by molar-refractivity contribution is -0.274. The fourth-order valence-corrected chi connectivity index (χ4v) is 2.72. The van der Waals surface area contributed by atoms with Crippen LogP contribution in [0.2, 0.25) is 5.02 Å². The van der Waals surface area contributed by atoms with E-state index in [1.165, 1.54) is 36.4 Å². The number of hydrogen-bond acceptors (Lipinski definition) is 4. The van der Waals surface area contributed by atoms with Crippen molar-refractivity contribution in [3.8, 4) is 11.5 Å². The quantitative estimate of drug-likeness (QED) is 0.679. The Morgan fingerprint density at radius 2 is 1.67 bits per heavy atom. The van der Waals surface area contributed by atoms with Gasteiger partial charge in [0.25, 0.3) is 9.05 Å². The van der Waals surface area contributed by atoms with Crippen molar-refractivity contribution in [1.82, 2.24) is 0 Å². The van der Waals surface area contributed by atoms with Crippen LogP contribution in [-0.4, -0.2) is 14.8 Å². The second-order valence-electron chi connectivity index (χ2n) is 4.51. The SMILES string of the molecule is O=S(=O)(Cl)c1ccc(OCc2ccc(OC(F)(F)F)c(Cl)c2)cc1. The summed E-state index contributed by atoms with van der Waals surface area (Å²) in [4.78, 5) is -0.0757. The highest BCUT2D eigenvalue weighted by atomic mass is 35.7. The van der Waals surface area contributed by atoms with Crippen molar-refractivity contribution >= 4 is 31.3 Å². The fraction of sp³-hybridized carbons (Fsp3) is 0.143.